The van der Waals surface area contributed by atoms with Gasteiger partial charge in [-0.2, -0.15) is 0 Å². The molecule has 0 aliphatic rings. The van der Waals surface area contributed by atoms with E-state index < -0.39 is 39.5 Å². The molecule has 0 saturated carbocycles. The number of rotatable bonds is 3. The summed E-state index contributed by atoms with van der Waals surface area (Å²) in [5.74, 6) is -1.81. The summed E-state index contributed by atoms with van der Waals surface area (Å²) in [4.78, 5) is 23.1. The molecule has 116 valence electrons. The van der Waals surface area contributed by atoms with Gasteiger partial charge in [-0.15, -0.1) is 0 Å². The fourth-order valence-electron chi connectivity index (χ4n) is 1.67. The molecule has 0 spiro atoms. The number of carbonyl (C=O) groups is 2. The van der Waals surface area contributed by atoms with Crippen LogP contribution in [0.2, 0.25) is 5.02 Å². The molecule has 0 bridgehead atoms. The summed E-state index contributed by atoms with van der Waals surface area (Å²) in [5, 5.41) is 1.64. The highest BCUT2D eigenvalue weighted by Crippen LogP contribution is 2.31. The summed E-state index contributed by atoms with van der Waals surface area (Å²) in [6.45, 7) is 6.08. The zero-order valence-corrected chi connectivity index (χ0v) is 12.8. The van der Waals surface area contributed by atoms with Gasteiger partial charge in [0.15, 0.2) is 0 Å². The van der Waals surface area contributed by atoms with Crippen molar-refractivity contribution in [2.24, 2.45) is 0 Å². The lowest BCUT2D eigenvalue weighted by atomic mass is 9.93. The maximum Gasteiger partial charge on any atom is 0.408 e. The molecule has 1 amide bonds. The summed E-state index contributed by atoms with van der Waals surface area (Å²) in [7, 11) is 0. The Bertz CT molecular complexity index is 572. The van der Waals surface area contributed by atoms with Crippen molar-refractivity contribution in [2.75, 3.05) is 0 Å². The zero-order valence-electron chi connectivity index (χ0n) is 12.1. The third-order valence-corrected chi connectivity index (χ3v) is 2.93. The van der Waals surface area contributed by atoms with E-state index in [9.17, 15) is 18.4 Å². The Balaban J connectivity index is 3.20. The number of benzene rings is 1. The number of nitrogens with one attached hydrogen (secondary N) is 1. The number of aldehydes is 1. The van der Waals surface area contributed by atoms with Gasteiger partial charge in [0.25, 0.3) is 0 Å². The minimum atomic E-state index is -1.86. The van der Waals surface area contributed by atoms with Crippen LogP contribution >= 0.6 is 11.6 Å². The third-order valence-electron chi connectivity index (χ3n) is 2.56. The fourth-order valence-corrected chi connectivity index (χ4v) is 2.02. The van der Waals surface area contributed by atoms with Crippen LogP contribution in [0.25, 0.3) is 0 Å². The zero-order chi connectivity index (χ0) is 16.4. The van der Waals surface area contributed by atoms with Crippen LogP contribution in [-0.2, 0) is 15.1 Å². The minimum absolute atomic E-state index is 0.265. The SMILES string of the molecule is CC(C)(C)OC(=O)NC(C)(C=O)c1c(F)ccc(F)c1Cl. The minimum Gasteiger partial charge on any atom is -0.444 e. The lowest BCUT2D eigenvalue weighted by Crippen LogP contribution is -2.47. The van der Waals surface area contributed by atoms with Crippen LogP contribution in [0.3, 0.4) is 0 Å². The van der Waals surface area contributed by atoms with Crippen LogP contribution in [-0.4, -0.2) is 18.0 Å². The first-order valence-electron chi connectivity index (χ1n) is 6.11. The number of hydrogen-bond donors (Lipinski definition) is 1. The first-order chi connectivity index (χ1) is 9.50. The number of hydrogen-bond acceptors (Lipinski definition) is 3. The molecule has 1 atom stereocenters. The molecule has 1 rings (SSSR count). The summed E-state index contributed by atoms with van der Waals surface area (Å²) in [6, 6.07) is 1.66. The smallest absolute Gasteiger partial charge is 0.408 e. The van der Waals surface area contributed by atoms with Crippen molar-refractivity contribution in [3.63, 3.8) is 0 Å². The van der Waals surface area contributed by atoms with Crippen LogP contribution < -0.4 is 5.32 Å². The standard InChI is InChI=1S/C14H16ClF2NO3/c1-13(2,3)21-12(20)18-14(4,7-19)10-8(16)5-6-9(17)11(10)15/h5-7H,1-4H3,(H,18,20). The normalized spacial score (nSPS) is 14.2. The van der Waals surface area contributed by atoms with Gasteiger partial charge in [-0.25, -0.2) is 13.6 Å². The fraction of sp³-hybridized carbons (Fsp3) is 0.429. The maximum absolute atomic E-state index is 13.9. The van der Waals surface area contributed by atoms with Gasteiger partial charge in [0.05, 0.1) is 5.02 Å². The molecule has 0 aromatic heterocycles. The molecule has 7 heteroatoms. The van der Waals surface area contributed by atoms with Gasteiger partial charge in [0.2, 0.25) is 0 Å². The second-order valence-electron chi connectivity index (χ2n) is 5.67. The average Bonchev–Trinajstić information content (AvgIpc) is 2.31. The average molecular weight is 320 g/mol. The second-order valence-corrected chi connectivity index (χ2v) is 6.04. The lowest BCUT2D eigenvalue weighted by molar-refractivity contribution is -0.113. The Kier molecular flexibility index (Phi) is 4.94. The highest BCUT2D eigenvalue weighted by Gasteiger charge is 2.36. The molecule has 0 saturated heterocycles. The largest absolute Gasteiger partial charge is 0.444 e. The van der Waals surface area contributed by atoms with Crippen molar-refractivity contribution in [3.8, 4) is 0 Å². The first-order valence-corrected chi connectivity index (χ1v) is 6.49. The van der Waals surface area contributed by atoms with Gasteiger partial charge >= 0.3 is 6.09 Å². The van der Waals surface area contributed by atoms with Crippen LogP contribution in [0.1, 0.15) is 33.3 Å². The Morgan fingerprint density at radius 2 is 1.76 bits per heavy atom. The van der Waals surface area contributed by atoms with E-state index in [1.54, 1.807) is 20.8 Å². The number of ether oxygens (including phenoxy) is 1. The van der Waals surface area contributed by atoms with Crippen LogP contribution in [0.4, 0.5) is 13.6 Å². The molecule has 1 aromatic rings. The van der Waals surface area contributed by atoms with Crippen molar-refractivity contribution in [1.29, 1.82) is 0 Å². The Morgan fingerprint density at radius 1 is 1.24 bits per heavy atom. The summed E-state index contributed by atoms with van der Waals surface area (Å²) in [5.41, 5.74) is -3.12. The van der Waals surface area contributed by atoms with E-state index in [2.05, 4.69) is 5.32 Å². The van der Waals surface area contributed by atoms with E-state index in [0.717, 1.165) is 12.1 Å². The molecule has 1 unspecified atom stereocenters. The summed E-state index contributed by atoms with van der Waals surface area (Å²) < 4.78 is 32.4. The predicted molar refractivity (Wildman–Crippen MR) is 74.2 cm³/mol. The molecule has 21 heavy (non-hydrogen) atoms. The first kappa shape index (κ1) is 17.4. The second kappa shape index (κ2) is 5.97. The van der Waals surface area contributed by atoms with E-state index in [1.807, 2.05) is 0 Å². The highest BCUT2D eigenvalue weighted by atomic mass is 35.5. The Labute approximate surface area is 126 Å². The molecular weight excluding hydrogens is 304 g/mol. The molecule has 0 heterocycles. The number of carbonyl (C=O) groups excluding carboxylic acids is 2. The number of amides is 1. The topological polar surface area (TPSA) is 55.4 Å². The quantitative estimate of drug-likeness (QED) is 0.684. The van der Waals surface area contributed by atoms with Crippen LogP contribution in [0, 0.1) is 11.6 Å². The van der Waals surface area contributed by atoms with Gasteiger partial charge in [-0.1, -0.05) is 11.6 Å². The number of alkyl carbamates (subject to hydrolysis) is 1. The highest BCUT2D eigenvalue weighted by molar-refractivity contribution is 6.31. The Hall–Kier alpha value is -1.69. The van der Waals surface area contributed by atoms with Gasteiger partial charge in [0.1, 0.15) is 29.1 Å². The molecule has 1 aromatic carbocycles. The van der Waals surface area contributed by atoms with Crippen molar-refractivity contribution < 1.29 is 23.1 Å². The van der Waals surface area contributed by atoms with E-state index in [0.29, 0.717) is 0 Å². The van der Waals surface area contributed by atoms with Gasteiger partial charge < -0.3 is 14.8 Å². The van der Waals surface area contributed by atoms with Gasteiger partial charge in [-0.3, -0.25) is 0 Å². The third kappa shape index (κ3) is 4.14. The molecule has 0 aliphatic carbocycles. The molecule has 0 fully saturated rings. The van der Waals surface area contributed by atoms with Crippen molar-refractivity contribution >= 4 is 24.0 Å². The lowest BCUT2D eigenvalue weighted by Gasteiger charge is -2.28. The molecule has 1 N–H and O–H groups in total. The molecule has 4 nitrogen and oxygen atoms in total. The van der Waals surface area contributed by atoms with E-state index in [-0.39, 0.29) is 6.29 Å². The molecule has 0 aliphatic heterocycles. The Morgan fingerprint density at radius 3 is 2.24 bits per heavy atom. The van der Waals surface area contributed by atoms with Crippen LogP contribution in [0.5, 0.6) is 0 Å². The van der Waals surface area contributed by atoms with Gasteiger partial charge in [0, 0.05) is 5.56 Å². The predicted octanol–water partition coefficient (Wildman–Crippen LogP) is 3.56. The van der Waals surface area contributed by atoms with E-state index >= 15 is 0 Å². The maximum atomic E-state index is 13.9. The molecule has 0 radical (unpaired) electrons. The van der Waals surface area contributed by atoms with Crippen molar-refractivity contribution in [3.05, 3.63) is 34.4 Å². The van der Waals surface area contributed by atoms with E-state index in [1.165, 1.54) is 6.92 Å². The summed E-state index contributed by atoms with van der Waals surface area (Å²) >= 11 is 5.71. The monoisotopic (exact) mass is 319 g/mol. The summed E-state index contributed by atoms with van der Waals surface area (Å²) in [6.07, 6.45) is -0.683. The van der Waals surface area contributed by atoms with E-state index in [4.69, 9.17) is 16.3 Å². The molecular formula is C14H16ClF2NO3. The van der Waals surface area contributed by atoms with Crippen molar-refractivity contribution in [2.45, 2.75) is 38.8 Å². The van der Waals surface area contributed by atoms with Gasteiger partial charge in [-0.05, 0) is 39.8 Å². The van der Waals surface area contributed by atoms with Crippen LogP contribution in [0.15, 0.2) is 12.1 Å². The number of halogens is 3. The van der Waals surface area contributed by atoms with Crippen molar-refractivity contribution in [1.82, 2.24) is 5.32 Å².